The molecule has 1 saturated heterocycles. The van der Waals surface area contributed by atoms with Crippen LogP contribution in [-0.2, 0) is 4.74 Å². The van der Waals surface area contributed by atoms with Gasteiger partial charge in [-0.05, 0) is 18.9 Å². The van der Waals surface area contributed by atoms with Gasteiger partial charge in [0, 0.05) is 25.8 Å². The Bertz CT molecular complexity index is 419. The summed E-state index contributed by atoms with van der Waals surface area (Å²) < 4.78 is 10.9. The number of nitro groups is 1. The molecule has 0 aromatic heterocycles. The molecule has 0 bridgehead atoms. The Morgan fingerprint density at radius 2 is 2.32 bits per heavy atom. The highest BCUT2D eigenvalue weighted by atomic mass is 16.6. The molecule has 1 aromatic carbocycles. The third kappa shape index (κ3) is 4.18. The van der Waals surface area contributed by atoms with E-state index in [1.165, 1.54) is 6.07 Å². The Morgan fingerprint density at radius 1 is 1.47 bits per heavy atom. The second kappa shape index (κ2) is 7.06. The van der Waals surface area contributed by atoms with Crippen LogP contribution in [0.3, 0.4) is 0 Å². The summed E-state index contributed by atoms with van der Waals surface area (Å²) in [5.74, 6) is 0.311. The molecule has 0 unspecified atom stereocenters. The molecule has 1 aliphatic heterocycles. The number of hydrogen-bond donors (Lipinski definition) is 1. The summed E-state index contributed by atoms with van der Waals surface area (Å²) in [5.41, 5.74) is 0.00151. The van der Waals surface area contributed by atoms with E-state index < -0.39 is 4.92 Å². The maximum atomic E-state index is 10.8. The van der Waals surface area contributed by atoms with Crippen molar-refractivity contribution in [1.29, 1.82) is 0 Å². The standard InChI is InChI=1S/C13H18N2O4/c16-15(17)12-5-1-2-6-13(12)19-9-7-14-10-11-4-3-8-18-11/h1-2,5-6,11,14H,3-4,7-10H2/t11-/m0/s1. The lowest BCUT2D eigenvalue weighted by Crippen LogP contribution is -2.29. The molecule has 2 rings (SSSR count). The molecule has 1 heterocycles. The molecule has 104 valence electrons. The first-order chi connectivity index (χ1) is 9.27. The van der Waals surface area contributed by atoms with Crippen LogP contribution >= 0.6 is 0 Å². The van der Waals surface area contributed by atoms with Crippen molar-refractivity contribution in [3.05, 3.63) is 34.4 Å². The largest absolute Gasteiger partial charge is 0.485 e. The van der Waals surface area contributed by atoms with Crippen LogP contribution in [0, 0.1) is 10.1 Å². The maximum absolute atomic E-state index is 10.8. The summed E-state index contributed by atoms with van der Waals surface area (Å²) in [6.07, 6.45) is 2.52. The third-order valence-corrected chi connectivity index (χ3v) is 2.99. The van der Waals surface area contributed by atoms with Crippen molar-refractivity contribution < 1.29 is 14.4 Å². The van der Waals surface area contributed by atoms with Crippen molar-refractivity contribution in [2.75, 3.05) is 26.3 Å². The monoisotopic (exact) mass is 266 g/mol. The van der Waals surface area contributed by atoms with E-state index >= 15 is 0 Å². The second-order valence-electron chi connectivity index (χ2n) is 4.41. The zero-order chi connectivity index (χ0) is 13.5. The summed E-state index contributed by atoms with van der Waals surface area (Å²) >= 11 is 0. The van der Waals surface area contributed by atoms with Gasteiger partial charge in [0.2, 0.25) is 0 Å². The van der Waals surface area contributed by atoms with Gasteiger partial charge < -0.3 is 14.8 Å². The molecule has 0 aliphatic carbocycles. The van der Waals surface area contributed by atoms with Gasteiger partial charge in [0.15, 0.2) is 5.75 Å². The van der Waals surface area contributed by atoms with Gasteiger partial charge >= 0.3 is 5.69 Å². The number of nitrogens with zero attached hydrogens (tertiary/aromatic N) is 1. The van der Waals surface area contributed by atoms with E-state index in [-0.39, 0.29) is 5.69 Å². The zero-order valence-electron chi connectivity index (χ0n) is 10.7. The topological polar surface area (TPSA) is 73.6 Å². The van der Waals surface area contributed by atoms with E-state index in [0.717, 1.165) is 26.0 Å². The first-order valence-electron chi connectivity index (χ1n) is 6.46. The van der Waals surface area contributed by atoms with Gasteiger partial charge in [-0.1, -0.05) is 12.1 Å². The average Bonchev–Trinajstić information content (AvgIpc) is 2.92. The second-order valence-corrected chi connectivity index (χ2v) is 4.41. The Kier molecular flexibility index (Phi) is 5.11. The number of hydrogen-bond acceptors (Lipinski definition) is 5. The Morgan fingerprint density at radius 3 is 3.05 bits per heavy atom. The first kappa shape index (κ1) is 13.8. The van der Waals surface area contributed by atoms with Crippen molar-refractivity contribution >= 4 is 5.69 Å². The molecule has 1 aromatic rings. The van der Waals surface area contributed by atoms with Crippen molar-refractivity contribution in [3.63, 3.8) is 0 Å². The molecule has 0 saturated carbocycles. The zero-order valence-corrected chi connectivity index (χ0v) is 10.7. The fourth-order valence-corrected chi connectivity index (χ4v) is 2.03. The summed E-state index contributed by atoms with van der Waals surface area (Å²) in [4.78, 5) is 10.3. The molecule has 6 heteroatoms. The van der Waals surface area contributed by atoms with Gasteiger partial charge in [-0.3, -0.25) is 10.1 Å². The van der Waals surface area contributed by atoms with Crippen molar-refractivity contribution in [2.45, 2.75) is 18.9 Å². The quantitative estimate of drug-likeness (QED) is 0.462. The Balaban J connectivity index is 1.69. The highest BCUT2D eigenvalue weighted by Gasteiger charge is 2.15. The smallest absolute Gasteiger partial charge is 0.310 e. The fourth-order valence-electron chi connectivity index (χ4n) is 2.03. The molecule has 0 amide bonds. The van der Waals surface area contributed by atoms with Crippen LogP contribution in [0.4, 0.5) is 5.69 Å². The van der Waals surface area contributed by atoms with Gasteiger partial charge in [-0.2, -0.15) is 0 Å². The molecule has 1 atom stereocenters. The number of nitro benzene ring substituents is 1. The molecule has 0 spiro atoms. The van der Waals surface area contributed by atoms with E-state index in [2.05, 4.69) is 5.32 Å². The van der Waals surface area contributed by atoms with Gasteiger partial charge in [0.25, 0.3) is 0 Å². The number of rotatable bonds is 7. The van der Waals surface area contributed by atoms with Gasteiger partial charge in [-0.25, -0.2) is 0 Å². The van der Waals surface area contributed by atoms with E-state index in [9.17, 15) is 10.1 Å². The third-order valence-electron chi connectivity index (χ3n) is 2.99. The van der Waals surface area contributed by atoms with Gasteiger partial charge in [0.05, 0.1) is 11.0 Å². The fraction of sp³-hybridized carbons (Fsp3) is 0.538. The van der Waals surface area contributed by atoms with Crippen molar-refractivity contribution in [3.8, 4) is 5.75 Å². The average molecular weight is 266 g/mol. The summed E-state index contributed by atoms with van der Waals surface area (Å²) in [5, 5.41) is 14.0. The Labute approximate surface area is 111 Å². The van der Waals surface area contributed by atoms with E-state index in [4.69, 9.17) is 9.47 Å². The lowest BCUT2D eigenvalue weighted by molar-refractivity contribution is -0.385. The summed E-state index contributed by atoms with van der Waals surface area (Å²) in [7, 11) is 0. The molecule has 1 N–H and O–H groups in total. The Hall–Kier alpha value is -1.66. The molecule has 19 heavy (non-hydrogen) atoms. The SMILES string of the molecule is O=[N+]([O-])c1ccccc1OCCNC[C@@H]1CCCO1. The molecule has 1 aliphatic rings. The van der Waals surface area contributed by atoms with Crippen LogP contribution in [0.2, 0.25) is 0 Å². The highest BCUT2D eigenvalue weighted by Crippen LogP contribution is 2.25. The van der Waals surface area contributed by atoms with Crippen molar-refractivity contribution in [1.82, 2.24) is 5.32 Å². The van der Waals surface area contributed by atoms with Crippen molar-refractivity contribution in [2.24, 2.45) is 0 Å². The van der Waals surface area contributed by atoms with Crippen LogP contribution < -0.4 is 10.1 Å². The number of ether oxygens (including phenoxy) is 2. The number of benzene rings is 1. The molecule has 6 nitrogen and oxygen atoms in total. The van der Waals surface area contributed by atoms with Crippen LogP contribution in [-0.4, -0.2) is 37.3 Å². The minimum atomic E-state index is -0.435. The van der Waals surface area contributed by atoms with E-state index in [0.29, 0.717) is 25.0 Å². The normalized spacial score (nSPS) is 18.4. The van der Waals surface area contributed by atoms with Crippen LogP contribution in [0.25, 0.3) is 0 Å². The van der Waals surface area contributed by atoms with E-state index in [1.807, 2.05) is 0 Å². The van der Waals surface area contributed by atoms with Gasteiger partial charge in [0.1, 0.15) is 6.61 Å². The molecule has 1 fully saturated rings. The van der Waals surface area contributed by atoms with Gasteiger partial charge in [-0.15, -0.1) is 0 Å². The lowest BCUT2D eigenvalue weighted by Gasteiger charge is -2.11. The van der Waals surface area contributed by atoms with Crippen LogP contribution in [0.5, 0.6) is 5.75 Å². The lowest BCUT2D eigenvalue weighted by atomic mass is 10.2. The summed E-state index contributed by atoms with van der Waals surface area (Å²) in [6, 6.07) is 6.40. The highest BCUT2D eigenvalue weighted by molar-refractivity contribution is 5.45. The van der Waals surface area contributed by atoms with Crippen LogP contribution in [0.1, 0.15) is 12.8 Å². The number of para-hydroxylation sites is 2. The number of nitrogens with one attached hydrogen (secondary N) is 1. The minimum absolute atomic E-state index is 0.00151. The molecular formula is C13H18N2O4. The van der Waals surface area contributed by atoms with Crippen LogP contribution in [0.15, 0.2) is 24.3 Å². The maximum Gasteiger partial charge on any atom is 0.310 e. The predicted octanol–water partition coefficient (Wildman–Crippen LogP) is 1.74. The minimum Gasteiger partial charge on any atom is -0.485 e. The molecular weight excluding hydrogens is 248 g/mol. The van der Waals surface area contributed by atoms with E-state index in [1.54, 1.807) is 18.2 Å². The summed E-state index contributed by atoms with van der Waals surface area (Å²) in [6.45, 7) is 2.70. The predicted molar refractivity (Wildman–Crippen MR) is 70.4 cm³/mol. The first-order valence-corrected chi connectivity index (χ1v) is 6.46. The molecule has 0 radical (unpaired) electrons.